The monoisotopic (exact) mass is 268 g/mol. The predicted molar refractivity (Wildman–Crippen MR) is 64.8 cm³/mol. The van der Waals surface area contributed by atoms with Gasteiger partial charge in [-0.15, -0.1) is 0 Å². The number of carboxylic acids is 1. The summed E-state index contributed by atoms with van der Waals surface area (Å²) in [5.74, 6) is -2.21. The van der Waals surface area contributed by atoms with Crippen LogP contribution in [0, 0.1) is 5.82 Å². The number of hydrogen-bond acceptors (Lipinski definition) is 3. The van der Waals surface area contributed by atoms with E-state index >= 15 is 0 Å². The lowest BCUT2D eigenvalue weighted by atomic mass is 10.2. The Labute approximate surface area is 108 Å². The largest absolute Gasteiger partial charge is 0.478 e. The highest BCUT2D eigenvalue weighted by Gasteiger charge is 2.18. The number of carbonyl (C=O) groups is 2. The van der Waals surface area contributed by atoms with Crippen LogP contribution in [-0.2, 0) is 4.74 Å². The molecule has 0 bridgehead atoms. The zero-order chi connectivity index (χ0) is 13.8. The summed E-state index contributed by atoms with van der Waals surface area (Å²) >= 11 is 0. The van der Waals surface area contributed by atoms with Gasteiger partial charge in [0.1, 0.15) is 5.82 Å². The van der Waals surface area contributed by atoms with Crippen LogP contribution in [0.25, 0.3) is 0 Å². The Morgan fingerprint density at radius 2 is 2.00 bits per heavy atom. The smallest absolute Gasteiger partial charge is 0.338 e. The Bertz CT molecular complexity index is 501. The number of morpholine rings is 1. The van der Waals surface area contributed by atoms with Gasteiger partial charge in [0.2, 0.25) is 0 Å². The minimum Gasteiger partial charge on any atom is -0.478 e. The number of halogens is 1. The molecule has 2 amide bonds. The molecule has 0 radical (unpaired) electrons. The number of ether oxygens (including phenoxy) is 1. The molecule has 102 valence electrons. The molecule has 1 saturated heterocycles. The highest BCUT2D eigenvalue weighted by molar-refractivity contribution is 5.93. The van der Waals surface area contributed by atoms with Gasteiger partial charge in [0, 0.05) is 18.8 Å². The summed E-state index contributed by atoms with van der Waals surface area (Å²) in [7, 11) is 0. The second kappa shape index (κ2) is 5.66. The summed E-state index contributed by atoms with van der Waals surface area (Å²) in [6, 6.07) is 3.07. The molecule has 0 spiro atoms. The van der Waals surface area contributed by atoms with Gasteiger partial charge in [0.05, 0.1) is 18.8 Å². The van der Waals surface area contributed by atoms with Crippen molar-refractivity contribution < 1.29 is 23.8 Å². The van der Waals surface area contributed by atoms with Crippen LogP contribution in [0.4, 0.5) is 14.9 Å². The maximum absolute atomic E-state index is 13.2. The first-order chi connectivity index (χ1) is 9.08. The number of urea groups is 1. The molecule has 2 rings (SSSR count). The van der Waals surface area contributed by atoms with Gasteiger partial charge in [-0.05, 0) is 18.2 Å². The van der Waals surface area contributed by atoms with Crippen molar-refractivity contribution in [3.05, 3.63) is 29.6 Å². The first kappa shape index (κ1) is 13.3. The van der Waals surface area contributed by atoms with Crippen molar-refractivity contribution in [1.82, 2.24) is 4.90 Å². The van der Waals surface area contributed by atoms with Crippen molar-refractivity contribution >= 4 is 17.7 Å². The summed E-state index contributed by atoms with van der Waals surface area (Å²) in [6.07, 6.45) is 0. The average molecular weight is 268 g/mol. The summed E-state index contributed by atoms with van der Waals surface area (Å²) in [5, 5.41) is 11.3. The normalized spacial score (nSPS) is 15.1. The van der Waals surface area contributed by atoms with Gasteiger partial charge in [-0.3, -0.25) is 0 Å². The fraction of sp³-hybridized carbons (Fsp3) is 0.333. The van der Waals surface area contributed by atoms with Gasteiger partial charge < -0.3 is 20.1 Å². The zero-order valence-corrected chi connectivity index (χ0v) is 10.1. The SMILES string of the molecule is O=C(O)c1cc(NC(=O)N2CCOCC2)ccc1F. The van der Waals surface area contributed by atoms with Gasteiger partial charge >= 0.3 is 12.0 Å². The van der Waals surface area contributed by atoms with E-state index in [1.165, 1.54) is 6.07 Å². The zero-order valence-electron chi connectivity index (χ0n) is 10.1. The maximum atomic E-state index is 13.2. The lowest BCUT2D eigenvalue weighted by Gasteiger charge is -2.26. The van der Waals surface area contributed by atoms with Crippen LogP contribution in [-0.4, -0.2) is 48.3 Å². The molecule has 1 aromatic carbocycles. The van der Waals surface area contributed by atoms with Crippen molar-refractivity contribution in [1.29, 1.82) is 0 Å². The van der Waals surface area contributed by atoms with E-state index in [1.807, 2.05) is 0 Å². The fourth-order valence-electron chi connectivity index (χ4n) is 1.74. The first-order valence-corrected chi connectivity index (χ1v) is 5.74. The number of anilines is 1. The molecular formula is C12H13FN2O4. The lowest BCUT2D eigenvalue weighted by Crippen LogP contribution is -2.43. The Morgan fingerprint density at radius 3 is 2.63 bits per heavy atom. The first-order valence-electron chi connectivity index (χ1n) is 5.74. The Balaban J connectivity index is 2.08. The van der Waals surface area contributed by atoms with Crippen molar-refractivity contribution in [2.24, 2.45) is 0 Å². The summed E-state index contributed by atoms with van der Waals surface area (Å²) < 4.78 is 18.3. The number of amides is 2. The fourth-order valence-corrected chi connectivity index (χ4v) is 1.74. The number of nitrogens with zero attached hydrogens (tertiary/aromatic N) is 1. The van der Waals surface area contributed by atoms with E-state index in [9.17, 15) is 14.0 Å². The molecule has 0 atom stereocenters. The molecule has 0 aliphatic carbocycles. The predicted octanol–water partition coefficient (Wildman–Crippen LogP) is 1.39. The number of aromatic carboxylic acids is 1. The Kier molecular flexibility index (Phi) is 3.96. The topological polar surface area (TPSA) is 78.9 Å². The molecule has 0 aromatic heterocycles. The van der Waals surface area contributed by atoms with Crippen LogP contribution in [0.5, 0.6) is 0 Å². The number of hydrogen-bond donors (Lipinski definition) is 2. The summed E-state index contributed by atoms with van der Waals surface area (Å²) in [4.78, 5) is 24.2. The van der Waals surface area contributed by atoms with E-state index in [0.717, 1.165) is 12.1 Å². The van der Waals surface area contributed by atoms with E-state index in [4.69, 9.17) is 9.84 Å². The van der Waals surface area contributed by atoms with E-state index < -0.39 is 17.3 Å². The molecule has 6 nitrogen and oxygen atoms in total. The van der Waals surface area contributed by atoms with Crippen molar-refractivity contribution in [3.63, 3.8) is 0 Å². The van der Waals surface area contributed by atoms with Crippen molar-refractivity contribution in [2.45, 2.75) is 0 Å². The molecule has 1 aromatic rings. The minimum atomic E-state index is -1.38. The van der Waals surface area contributed by atoms with Crippen LogP contribution in [0.3, 0.4) is 0 Å². The minimum absolute atomic E-state index is 0.246. The Morgan fingerprint density at radius 1 is 1.32 bits per heavy atom. The quantitative estimate of drug-likeness (QED) is 0.849. The van der Waals surface area contributed by atoms with Gasteiger partial charge in [-0.2, -0.15) is 0 Å². The van der Waals surface area contributed by atoms with E-state index in [-0.39, 0.29) is 11.7 Å². The highest BCUT2D eigenvalue weighted by Crippen LogP contribution is 2.15. The average Bonchev–Trinajstić information content (AvgIpc) is 2.41. The van der Waals surface area contributed by atoms with E-state index in [2.05, 4.69) is 5.32 Å². The van der Waals surface area contributed by atoms with Crippen LogP contribution >= 0.6 is 0 Å². The molecule has 1 aliphatic heterocycles. The van der Waals surface area contributed by atoms with Crippen LogP contribution < -0.4 is 5.32 Å². The van der Waals surface area contributed by atoms with Gasteiger partial charge in [0.25, 0.3) is 0 Å². The molecule has 1 heterocycles. The van der Waals surface area contributed by atoms with Gasteiger partial charge in [0.15, 0.2) is 0 Å². The lowest BCUT2D eigenvalue weighted by molar-refractivity contribution is 0.0564. The second-order valence-electron chi connectivity index (χ2n) is 4.03. The molecule has 7 heteroatoms. The van der Waals surface area contributed by atoms with Crippen molar-refractivity contribution in [2.75, 3.05) is 31.6 Å². The number of carboxylic acid groups (broad SMARTS) is 1. The van der Waals surface area contributed by atoms with E-state index in [0.29, 0.717) is 26.3 Å². The molecule has 1 aliphatic rings. The van der Waals surface area contributed by atoms with Gasteiger partial charge in [-0.1, -0.05) is 0 Å². The molecule has 19 heavy (non-hydrogen) atoms. The summed E-state index contributed by atoms with van der Waals surface area (Å²) in [5.41, 5.74) is -0.227. The van der Waals surface area contributed by atoms with Gasteiger partial charge in [-0.25, -0.2) is 14.0 Å². The van der Waals surface area contributed by atoms with Crippen molar-refractivity contribution in [3.8, 4) is 0 Å². The third-order valence-electron chi connectivity index (χ3n) is 2.75. The van der Waals surface area contributed by atoms with Crippen LogP contribution in [0.2, 0.25) is 0 Å². The van der Waals surface area contributed by atoms with Crippen LogP contribution in [0.15, 0.2) is 18.2 Å². The van der Waals surface area contributed by atoms with E-state index in [1.54, 1.807) is 4.90 Å². The third kappa shape index (κ3) is 3.19. The number of nitrogens with one attached hydrogen (secondary N) is 1. The molecule has 1 fully saturated rings. The molecule has 2 N–H and O–H groups in total. The number of rotatable bonds is 2. The molecule has 0 unspecified atom stereocenters. The highest BCUT2D eigenvalue weighted by atomic mass is 19.1. The third-order valence-corrected chi connectivity index (χ3v) is 2.75. The molecule has 0 saturated carbocycles. The maximum Gasteiger partial charge on any atom is 0.338 e. The van der Waals surface area contributed by atoms with Crippen LogP contribution in [0.1, 0.15) is 10.4 Å². The number of benzene rings is 1. The number of carbonyl (C=O) groups excluding carboxylic acids is 1. The molecular weight excluding hydrogens is 255 g/mol. The second-order valence-corrected chi connectivity index (χ2v) is 4.03. The standard InChI is InChI=1S/C12H13FN2O4/c13-10-2-1-8(7-9(10)11(16)17)14-12(18)15-3-5-19-6-4-15/h1-2,7H,3-6H2,(H,14,18)(H,16,17). The Hall–Kier alpha value is -2.15. The summed E-state index contributed by atoms with van der Waals surface area (Å²) in [6.45, 7) is 1.88.